The smallest absolute Gasteiger partial charge is 0.193 e. The van der Waals surface area contributed by atoms with Gasteiger partial charge in [-0.25, -0.2) is 0 Å². The number of likely N-dealkylation sites (tertiary alicyclic amines) is 1. The first-order chi connectivity index (χ1) is 13.2. The maximum Gasteiger partial charge on any atom is 0.193 e. The van der Waals surface area contributed by atoms with E-state index in [0.29, 0.717) is 19.1 Å². The highest BCUT2D eigenvalue weighted by Crippen LogP contribution is 2.27. The van der Waals surface area contributed by atoms with E-state index in [-0.39, 0.29) is 24.0 Å². The van der Waals surface area contributed by atoms with Gasteiger partial charge in [0.05, 0.1) is 34.0 Å². The molecule has 28 heavy (non-hydrogen) atoms. The van der Waals surface area contributed by atoms with Gasteiger partial charge in [0.15, 0.2) is 17.5 Å². The third-order valence-electron chi connectivity index (χ3n) is 4.73. The van der Waals surface area contributed by atoms with Gasteiger partial charge in [0.2, 0.25) is 0 Å². The number of methoxy groups -OCH3 is 3. The summed E-state index contributed by atoms with van der Waals surface area (Å²) in [5.41, 5.74) is 1.20. The summed E-state index contributed by atoms with van der Waals surface area (Å²) in [4.78, 5) is 6.74. The van der Waals surface area contributed by atoms with Crippen LogP contribution in [-0.4, -0.2) is 78.7 Å². The first-order valence-corrected chi connectivity index (χ1v) is 9.45. The Kier molecular flexibility index (Phi) is 12.2. The van der Waals surface area contributed by atoms with Crippen LogP contribution in [0.1, 0.15) is 12.0 Å². The average Bonchev–Trinajstić information content (AvgIpc) is 3.17. The van der Waals surface area contributed by atoms with Crippen LogP contribution in [0.2, 0.25) is 0 Å². The van der Waals surface area contributed by atoms with Crippen LogP contribution in [0.25, 0.3) is 0 Å². The van der Waals surface area contributed by atoms with Gasteiger partial charge in [0.25, 0.3) is 0 Å². The van der Waals surface area contributed by atoms with Crippen LogP contribution in [0, 0.1) is 5.92 Å². The molecular formula is C20H34IN3O4. The van der Waals surface area contributed by atoms with Crippen molar-refractivity contribution in [1.82, 2.24) is 10.2 Å². The molecular weight excluding hydrogens is 473 g/mol. The topological polar surface area (TPSA) is 64.6 Å². The number of nitrogens with zero attached hydrogens (tertiary/aromatic N) is 2. The van der Waals surface area contributed by atoms with Crippen LogP contribution in [0.5, 0.6) is 11.5 Å². The molecule has 0 aromatic heterocycles. The van der Waals surface area contributed by atoms with E-state index in [9.17, 15) is 0 Å². The summed E-state index contributed by atoms with van der Waals surface area (Å²) < 4.78 is 21.3. The molecule has 0 amide bonds. The van der Waals surface area contributed by atoms with Crippen LogP contribution in [-0.2, 0) is 15.9 Å². The van der Waals surface area contributed by atoms with Gasteiger partial charge in [-0.05, 0) is 30.5 Å². The lowest BCUT2D eigenvalue weighted by molar-refractivity contribution is 0.0536. The molecule has 0 saturated carbocycles. The van der Waals surface area contributed by atoms with Gasteiger partial charge in [0, 0.05) is 39.7 Å². The summed E-state index contributed by atoms with van der Waals surface area (Å²) in [5, 5.41) is 3.47. The van der Waals surface area contributed by atoms with E-state index in [1.165, 1.54) is 5.56 Å². The van der Waals surface area contributed by atoms with E-state index in [0.717, 1.165) is 56.5 Å². The van der Waals surface area contributed by atoms with Crippen LogP contribution >= 0.6 is 24.0 Å². The van der Waals surface area contributed by atoms with E-state index in [2.05, 4.69) is 21.3 Å². The lowest BCUT2D eigenvalue weighted by Crippen LogP contribution is -2.41. The predicted octanol–water partition coefficient (Wildman–Crippen LogP) is 2.42. The normalized spacial score (nSPS) is 16.6. The van der Waals surface area contributed by atoms with Crippen molar-refractivity contribution in [3.63, 3.8) is 0 Å². The number of guanidine groups is 1. The fraction of sp³-hybridized carbons (Fsp3) is 0.650. The van der Waals surface area contributed by atoms with Gasteiger partial charge in [-0.15, -0.1) is 24.0 Å². The average molecular weight is 507 g/mol. The van der Waals surface area contributed by atoms with Gasteiger partial charge in [-0.1, -0.05) is 6.07 Å². The standard InChI is InChI=1S/C20H33N3O4.HI/c1-21-20(23-10-8-17(14-23)15-27-12-11-24-2)22-9-7-16-5-6-18(25-3)19(13-16)26-4;/h5-6,13,17H,7-12,14-15H2,1-4H3,(H,21,22);1H. The fourth-order valence-corrected chi connectivity index (χ4v) is 3.24. The zero-order chi connectivity index (χ0) is 19.5. The molecule has 1 aliphatic rings. The second kappa shape index (κ2) is 13.8. The first kappa shape index (κ1) is 24.8. The summed E-state index contributed by atoms with van der Waals surface area (Å²) in [7, 11) is 6.83. The van der Waals surface area contributed by atoms with E-state index in [4.69, 9.17) is 18.9 Å². The Morgan fingerprint density at radius 2 is 1.96 bits per heavy atom. The van der Waals surface area contributed by atoms with Crippen molar-refractivity contribution in [3.05, 3.63) is 23.8 Å². The minimum absolute atomic E-state index is 0. The summed E-state index contributed by atoms with van der Waals surface area (Å²) in [6.07, 6.45) is 2.01. The second-order valence-electron chi connectivity index (χ2n) is 6.58. The molecule has 1 aromatic carbocycles. The highest BCUT2D eigenvalue weighted by atomic mass is 127. The van der Waals surface area contributed by atoms with Gasteiger partial charge in [0.1, 0.15) is 0 Å². The molecule has 0 aliphatic carbocycles. The van der Waals surface area contributed by atoms with Gasteiger partial charge in [-0.3, -0.25) is 4.99 Å². The second-order valence-corrected chi connectivity index (χ2v) is 6.58. The Morgan fingerprint density at radius 3 is 2.64 bits per heavy atom. The largest absolute Gasteiger partial charge is 0.493 e. The molecule has 1 aliphatic heterocycles. The predicted molar refractivity (Wildman–Crippen MR) is 122 cm³/mol. The van der Waals surface area contributed by atoms with E-state index in [1.807, 2.05) is 19.2 Å². The van der Waals surface area contributed by atoms with Crippen molar-refractivity contribution in [2.24, 2.45) is 10.9 Å². The van der Waals surface area contributed by atoms with E-state index >= 15 is 0 Å². The summed E-state index contributed by atoms with van der Waals surface area (Å²) >= 11 is 0. The van der Waals surface area contributed by atoms with Crippen molar-refractivity contribution in [3.8, 4) is 11.5 Å². The Morgan fingerprint density at radius 1 is 1.18 bits per heavy atom. The monoisotopic (exact) mass is 507 g/mol. The number of halogens is 1. The van der Waals surface area contributed by atoms with E-state index in [1.54, 1.807) is 21.3 Å². The zero-order valence-electron chi connectivity index (χ0n) is 17.4. The van der Waals surface area contributed by atoms with Gasteiger partial charge < -0.3 is 29.2 Å². The third-order valence-corrected chi connectivity index (χ3v) is 4.73. The maximum atomic E-state index is 5.67. The number of ether oxygens (including phenoxy) is 4. The molecule has 1 heterocycles. The number of hydrogen-bond donors (Lipinski definition) is 1. The highest BCUT2D eigenvalue weighted by Gasteiger charge is 2.24. The van der Waals surface area contributed by atoms with Crippen molar-refractivity contribution in [1.29, 1.82) is 0 Å². The maximum absolute atomic E-state index is 5.67. The molecule has 1 atom stereocenters. The number of benzene rings is 1. The van der Waals surface area contributed by atoms with Gasteiger partial charge in [-0.2, -0.15) is 0 Å². The molecule has 0 bridgehead atoms. The molecule has 1 fully saturated rings. The van der Waals surface area contributed by atoms with Crippen LogP contribution < -0.4 is 14.8 Å². The zero-order valence-corrected chi connectivity index (χ0v) is 19.7. The lowest BCUT2D eigenvalue weighted by Gasteiger charge is -2.22. The van der Waals surface area contributed by atoms with Crippen LogP contribution in [0.3, 0.4) is 0 Å². The van der Waals surface area contributed by atoms with Gasteiger partial charge >= 0.3 is 0 Å². The van der Waals surface area contributed by atoms with Crippen LogP contribution in [0.15, 0.2) is 23.2 Å². The fourth-order valence-electron chi connectivity index (χ4n) is 3.24. The summed E-state index contributed by atoms with van der Waals surface area (Å²) in [6.45, 7) is 4.88. The number of hydrogen-bond acceptors (Lipinski definition) is 5. The molecule has 160 valence electrons. The molecule has 1 N–H and O–H groups in total. The quantitative estimate of drug-likeness (QED) is 0.227. The Bertz CT molecular complexity index is 601. The minimum Gasteiger partial charge on any atom is -0.493 e. The minimum atomic E-state index is 0. The number of nitrogens with one attached hydrogen (secondary N) is 1. The molecule has 1 aromatic rings. The molecule has 0 radical (unpaired) electrons. The number of rotatable bonds is 10. The number of aliphatic imine (C=N–C) groups is 1. The van der Waals surface area contributed by atoms with E-state index < -0.39 is 0 Å². The van der Waals surface area contributed by atoms with Crippen molar-refractivity contribution >= 4 is 29.9 Å². The highest BCUT2D eigenvalue weighted by molar-refractivity contribution is 14.0. The molecule has 7 nitrogen and oxygen atoms in total. The summed E-state index contributed by atoms with van der Waals surface area (Å²) in [5.74, 6) is 3.01. The van der Waals surface area contributed by atoms with Crippen LogP contribution in [0.4, 0.5) is 0 Å². The lowest BCUT2D eigenvalue weighted by atomic mass is 10.1. The SMILES string of the molecule is CN=C(NCCc1ccc(OC)c(OC)c1)N1CCC(COCCOC)C1.I. The van der Waals surface area contributed by atoms with Crippen molar-refractivity contribution < 1.29 is 18.9 Å². The third kappa shape index (κ3) is 7.63. The Labute approximate surface area is 185 Å². The van der Waals surface area contributed by atoms with Crippen molar-refractivity contribution in [2.75, 3.05) is 67.8 Å². The Balaban J connectivity index is 0.00000392. The summed E-state index contributed by atoms with van der Waals surface area (Å²) in [6, 6.07) is 6.03. The molecule has 0 spiro atoms. The molecule has 2 rings (SSSR count). The molecule has 8 heteroatoms. The molecule has 1 unspecified atom stereocenters. The first-order valence-electron chi connectivity index (χ1n) is 9.45. The van der Waals surface area contributed by atoms with Crippen molar-refractivity contribution in [2.45, 2.75) is 12.8 Å². The Hall–Kier alpha value is -1.26. The molecule has 1 saturated heterocycles.